The zero-order chi connectivity index (χ0) is 8.04. The van der Waals surface area contributed by atoms with Crippen LogP contribution < -0.4 is 5.73 Å². The third-order valence-electron chi connectivity index (χ3n) is 1.01. The molecule has 50 valence electrons. The van der Waals surface area contributed by atoms with Crippen LogP contribution in [0.3, 0.4) is 0 Å². The fourth-order valence-electron chi connectivity index (χ4n) is 0.424. The lowest BCUT2D eigenvalue weighted by Crippen LogP contribution is -2.36. The first-order chi connectivity index (χ1) is 4.68. The van der Waals surface area contributed by atoms with Gasteiger partial charge in [0.25, 0.3) is 0 Å². The third-order valence-corrected chi connectivity index (χ3v) is 1.01. The Morgan fingerprint density at radius 1 is 1.10 bits per heavy atom. The molecule has 0 bridgehead atoms. The van der Waals surface area contributed by atoms with Gasteiger partial charge < -0.3 is 5.73 Å². The highest BCUT2D eigenvalue weighted by Gasteiger charge is 2.23. The highest BCUT2D eigenvalue weighted by molar-refractivity contribution is 5.12. The lowest BCUT2D eigenvalue weighted by molar-refractivity contribution is 0.568. The molecule has 0 rings (SSSR count). The van der Waals surface area contributed by atoms with E-state index in [-0.39, 0.29) is 12.8 Å². The Morgan fingerprint density at radius 2 is 1.50 bits per heavy atom. The highest BCUT2D eigenvalue weighted by atomic mass is 14.7. The summed E-state index contributed by atoms with van der Waals surface area (Å²) in [5.41, 5.74) is 4.04. The summed E-state index contributed by atoms with van der Waals surface area (Å²) in [6.45, 7) is 0. The quantitative estimate of drug-likeness (QED) is 0.576. The average molecular weight is 134 g/mol. The standard InChI is InChI=1S/C6H6N4/c7-3-1-6(10,5-9)2-4-8/h1-2,10H2. The minimum absolute atomic E-state index is 0.100. The second-order valence-corrected chi connectivity index (χ2v) is 1.94. The van der Waals surface area contributed by atoms with Crippen molar-refractivity contribution < 1.29 is 0 Å². The molecule has 0 amide bonds. The summed E-state index contributed by atoms with van der Waals surface area (Å²) >= 11 is 0. The topological polar surface area (TPSA) is 97.4 Å². The molecule has 0 atom stereocenters. The molecule has 0 aliphatic rings. The molecule has 4 nitrogen and oxygen atoms in total. The first-order valence-electron chi connectivity index (χ1n) is 2.62. The summed E-state index contributed by atoms with van der Waals surface area (Å²) in [6, 6.07) is 5.20. The van der Waals surface area contributed by atoms with E-state index in [0.717, 1.165) is 0 Å². The number of nitriles is 3. The summed E-state index contributed by atoms with van der Waals surface area (Å²) in [5.74, 6) is 0. The van der Waals surface area contributed by atoms with E-state index in [4.69, 9.17) is 21.5 Å². The van der Waals surface area contributed by atoms with Crippen molar-refractivity contribution in [2.24, 2.45) is 5.73 Å². The molecule has 0 spiro atoms. The molecule has 0 fully saturated rings. The maximum absolute atomic E-state index is 8.37. The molecule has 0 saturated heterocycles. The third kappa shape index (κ3) is 2.13. The molecule has 10 heavy (non-hydrogen) atoms. The van der Waals surface area contributed by atoms with E-state index in [9.17, 15) is 0 Å². The summed E-state index contributed by atoms with van der Waals surface area (Å²) in [5, 5.41) is 24.7. The predicted octanol–water partition coefficient (Wildman–Crippen LogP) is 0.0348. The maximum Gasteiger partial charge on any atom is 0.130 e. The van der Waals surface area contributed by atoms with E-state index in [0.29, 0.717) is 0 Å². The molecular formula is C6H6N4. The number of hydrogen-bond acceptors (Lipinski definition) is 4. The van der Waals surface area contributed by atoms with Crippen LogP contribution in [0.15, 0.2) is 0 Å². The zero-order valence-electron chi connectivity index (χ0n) is 5.33. The van der Waals surface area contributed by atoms with E-state index < -0.39 is 5.54 Å². The molecule has 0 aromatic rings. The van der Waals surface area contributed by atoms with Crippen molar-refractivity contribution >= 4 is 0 Å². The van der Waals surface area contributed by atoms with Gasteiger partial charge in [-0.15, -0.1) is 0 Å². The van der Waals surface area contributed by atoms with Gasteiger partial charge in [0.2, 0.25) is 0 Å². The second kappa shape index (κ2) is 3.45. The first-order valence-corrected chi connectivity index (χ1v) is 2.62. The van der Waals surface area contributed by atoms with Gasteiger partial charge in [-0.25, -0.2) is 0 Å². The van der Waals surface area contributed by atoms with Crippen LogP contribution in [-0.4, -0.2) is 5.54 Å². The average Bonchev–Trinajstić information content (AvgIpc) is 1.89. The normalized spacial score (nSPS) is 9.00. The monoisotopic (exact) mass is 134 g/mol. The van der Waals surface area contributed by atoms with Crippen LogP contribution in [0.2, 0.25) is 0 Å². The predicted molar refractivity (Wildman–Crippen MR) is 33.0 cm³/mol. The van der Waals surface area contributed by atoms with Crippen LogP contribution in [0.1, 0.15) is 12.8 Å². The molecular weight excluding hydrogens is 128 g/mol. The van der Waals surface area contributed by atoms with Crippen molar-refractivity contribution in [3.8, 4) is 18.2 Å². The lowest BCUT2D eigenvalue weighted by atomic mass is 9.96. The van der Waals surface area contributed by atoms with E-state index in [1.807, 2.05) is 0 Å². The van der Waals surface area contributed by atoms with Crippen molar-refractivity contribution in [2.75, 3.05) is 0 Å². The van der Waals surface area contributed by atoms with E-state index >= 15 is 0 Å². The van der Waals surface area contributed by atoms with Crippen molar-refractivity contribution in [1.82, 2.24) is 0 Å². The molecule has 0 radical (unpaired) electrons. The number of rotatable bonds is 2. The minimum Gasteiger partial charge on any atom is -0.312 e. The Hall–Kier alpha value is -1.57. The molecule has 4 heteroatoms. The fourth-order valence-corrected chi connectivity index (χ4v) is 0.424. The molecule has 2 N–H and O–H groups in total. The molecule has 0 heterocycles. The largest absolute Gasteiger partial charge is 0.312 e. The van der Waals surface area contributed by atoms with Gasteiger partial charge in [0.15, 0.2) is 0 Å². The van der Waals surface area contributed by atoms with Crippen molar-refractivity contribution in [3.63, 3.8) is 0 Å². The summed E-state index contributed by atoms with van der Waals surface area (Å²) < 4.78 is 0. The smallest absolute Gasteiger partial charge is 0.130 e. The van der Waals surface area contributed by atoms with Gasteiger partial charge in [-0.2, -0.15) is 15.8 Å². The maximum atomic E-state index is 8.37. The second-order valence-electron chi connectivity index (χ2n) is 1.94. The van der Waals surface area contributed by atoms with Crippen molar-refractivity contribution in [2.45, 2.75) is 18.4 Å². The fraction of sp³-hybridized carbons (Fsp3) is 0.500. The van der Waals surface area contributed by atoms with Gasteiger partial charge in [0, 0.05) is 0 Å². The highest BCUT2D eigenvalue weighted by Crippen LogP contribution is 2.07. The van der Waals surface area contributed by atoms with E-state index in [1.54, 1.807) is 18.2 Å². The van der Waals surface area contributed by atoms with Crippen molar-refractivity contribution in [1.29, 1.82) is 15.8 Å². The summed E-state index contributed by atoms with van der Waals surface area (Å²) in [6.07, 6.45) is -0.200. The van der Waals surface area contributed by atoms with Gasteiger partial charge >= 0.3 is 0 Å². The van der Waals surface area contributed by atoms with Gasteiger partial charge in [0.05, 0.1) is 31.0 Å². The van der Waals surface area contributed by atoms with Crippen LogP contribution >= 0.6 is 0 Å². The zero-order valence-corrected chi connectivity index (χ0v) is 5.33. The molecule has 0 aliphatic heterocycles. The van der Waals surface area contributed by atoms with Crippen LogP contribution in [0.25, 0.3) is 0 Å². The summed E-state index contributed by atoms with van der Waals surface area (Å²) in [4.78, 5) is 0. The van der Waals surface area contributed by atoms with Gasteiger partial charge in [-0.1, -0.05) is 0 Å². The van der Waals surface area contributed by atoms with E-state index in [1.165, 1.54) is 0 Å². The first kappa shape index (κ1) is 8.43. The molecule has 0 unspecified atom stereocenters. The van der Waals surface area contributed by atoms with Crippen LogP contribution in [0.4, 0.5) is 0 Å². The molecule has 0 aliphatic carbocycles. The number of nitrogens with two attached hydrogens (primary N) is 1. The Morgan fingerprint density at radius 3 is 1.70 bits per heavy atom. The van der Waals surface area contributed by atoms with Gasteiger partial charge in [-0.05, 0) is 0 Å². The Kier molecular flexibility index (Phi) is 2.91. The summed E-state index contributed by atoms with van der Waals surface area (Å²) in [7, 11) is 0. The number of nitrogens with zero attached hydrogens (tertiary/aromatic N) is 3. The lowest BCUT2D eigenvalue weighted by Gasteiger charge is -2.11. The van der Waals surface area contributed by atoms with Crippen molar-refractivity contribution in [3.05, 3.63) is 0 Å². The Balaban J connectivity index is 4.18. The van der Waals surface area contributed by atoms with Crippen LogP contribution in [-0.2, 0) is 0 Å². The van der Waals surface area contributed by atoms with E-state index in [2.05, 4.69) is 0 Å². The number of hydrogen-bond donors (Lipinski definition) is 1. The molecule has 0 saturated carbocycles. The van der Waals surface area contributed by atoms with Crippen LogP contribution in [0.5, 0.6) is 0 Å². The molecule has 0 aromatic carbocycles. The Labute approximate surface area is 59.1 Å². The molecule has 0 aromatic heterocycles. The minimum atomic E-state index is -1.27. The SMILES string of the molecule is N#CCC(N)(C#N)CC#N. The van der Waals surface area contributed by atoms with Crippen LogP contribution in [0, 0.1) is 34.0 Å². The Bertz CT molecular complexity index is 208. The van der Waals surface area contributed by atoms with Gasteiger partial charge in [0.1, 0.15) is 5.54 Å². The van der Waals surface area contributed by atoms with Gasteiger partial charge in [-0.3, -0.25) is 0 Å².